The molecular formula is C3H7Ce. The molecule has 0 N–H and O–H groups in total. The van der Waals surface area contributed by atoms with Gasteiger partial charge in [-0.05, 0) is 0 Å². The van der Waals surface area contributed by atoms with Gasteiger partial charge in [-0.3, -0.25) is 0 Å². The predicted octanol–water partition coefficient (Wildman–Crippen LogP) is 1.36. The zero-order valence-electron chi connectivity index (χ0n) is 3.08. The van der Waals surface area contributed by atoms with Crippen LogP contribution in [0.15, 0.2) is 0 Å². The molecule has 0 aliphatic rings. The second-order valence-corrected chi connectivity index (χ2v) is 4.78. The quantitative estimate of drug-likeness (QED) is 0.532. The minimum atomic E-state index is 0.972. The molecule has 0 aromatic heterocycles. The van der Waals surface area contributed by atoms with E-state index in [9.17, 15) is 0 Å². The first-order valence-corrected chi connectivity index (χ1v) is 3.26. The Morgan fingerprint density at radius 3 is 1.50 bits per heavy atom. The van der Waals surface area contributed by atoms with Crippen molar-refractivity contribution in [3.8, 4) is 0 Å². The third kappa shape index (κ3) is 10.1. The topological polar surface area (TPSA) is 0 Å². The van der Waals surface area contributed by atoms with E-state index in [-0.39, 0.29) is 0 Å². The molecule has 0 amide bonds. The van der Waals surface area contributed by atoms with Gasteiger partial charge in [-0.2, -0.15) is 0 Å². The Morgan fingerprint density at radius 1 is 1.50 bits per heavy atom. The fourth-order valence-corrected chi connectivity index (χ4v) is 0. The summed E-state index contributed by atoms with van der Waals surface area (Å²) in [6, 6.07) is 0. The molecule has 0 heterocycles. The van der Waals surface area contributed by atoms with Crippen LogP contribution in [0, 0.1) is 39.6 Å². The zero-order valence-corrected chi connectivity index (χ0v) is 6.22. The monoisotopic (exact) mass is 183 g/mol. The first kappa shape index (κ1) is 5.38. The van der Waals surface area contributed by atoms with Crippen molar-refractivity contribution < 1.29 is 39.6 Å². The van der Waals surface area contributed by atoms with Crippen molar-refractivity contribution in [1.29, 1.82) is 0 Å². The van der Waals surface area contributed by atoms with Crippen molar-refractivity contribution in [2.75, 3.05) is 0 Å². The van der Waals surface area contributed by atoms with Gasteiger partial charge in [0.1, 0.15) is 0 Å². The summed E-state index contributed by atoms with van der Waals surface area (Å²) in [6.45, 7) is 4.46. The van der Waals surface area contributed by atoms with Crippen LogP contribution < -0.4 is 0 Å². The fourth-order valence-electron chi connectivity index (χ4n) is 0. The molecule has 0 bridgehead atoms. The second-order valence-electron chi connectivity index (χ2n) is 1.15. The van der Waals surface area contributed by atoms with Crippen molar-refractivity contribution in [3.05, 3.63) is 0 Å². The number of rotatable bonds is 0. The maximum absolute atomic E-state index is 2.23. The molecule has 0 aromatic carbocycles. The SMILES string of the molecule is C[CH](C)[Ce]. The molecule has 0 fully saturated rings. The van der Waals surface area contributed by atoms with Gasteiger partial charge in [0.15, 0.2) is 0 Å². The molecule has 4 heavy (non-hydrogen) atoms. The first-order chi connectivity index (χ1) is 1.73. The van der Waals surface area contributed by atoms with Gasteiger partial charge in [0.25, 0.3) is 0 Å². The summed E-state index contributed by atoms with van der Waals surface area (Å²) in [4.78, 5) is 0. The van der Waals surface area contributed by atoms with E-state index in [1.807, 2.05) is 0 Å². The molecule has 0 aliphatic carbocycles. The molecule has 0 spiro atoms. The average Bonchev–Trinajstić information content (AvgIpc) is 0.811. The van der Waals surface area contributed by atoms with E-state index in [4.69, 9.17) is 0 Å². The van der Waals surface area contributed by atoms with Gasteiger partial charge < -0.3 is 0 Å². The summed E-state index contributed by atoms with van der Waals surface area (Å²) in [7, 11) is 0. The van der Waals surface area contributed by atoms with Crippen molar-refractivity contribution in [2.45, 2.75) is 15.3 Å². The van der Waals surface area contributed by atoms with Gasteiger partial charge >= 0.3 is 54.9 Å². The molecule has 0 radical (unpaired) electrons. The van der Waals surface area contributed by atoms with Crippen LogP contribution in [0.1, 0.15) is 13.8 Å². The molecule has 0 aromatic rings. The molecule has 1 heteroatoms. The van der Waals surface area contributed by atoms with Gasteiger partial charge in [0.05, 0.1) is 0 Å². The van der Waals surface area contributed by atoms with Crippen molar-refractivity contribution in [2.24, 2.45) is 0 Å². The number of hydrogen-bond acceptors (Lipinski definition) is 0. The van der Waals surface area contributed by atoms with Gasteiger partial charge in [-0.25, -0.2) is 0 Å². The van der Waals surface area contributed by atoms with E-state index in [1.165, 1.54) is 39.6 Å². The van der Waals surface area contributed by atoms with E-state index in [1.54, 1.807) is 0 Å². The molecule has 0 rings (SSSR count). The van der Waals surface area contributed by atoms with Crippen molar-refractivity contribution in [3.63, 3.8) is 0 Å². The van der Waals surface area contributed by atoms with E-state index in [2.05, 4.69) is 13.8 Å². The van der Waals surface area contributed by atoms with Gasteiger partial charge in [-0.1, -0.05) is 0 Å². The summed E-state index contributed by atoms with van der Waals surface area (Å²) in [5, 5.41) is 0. The van der Waals surface area contributed by atoms with Crippen LogP contribution in [0.2, 0.25) is 1.44 Å². The molecule has 23 valence electrons. The summed E-state index contributed by atoms with van der Waals surface area (Å²) in [6.07, 6.45) is 0. The fraction of sp³-hybridized carbons (Fsp3) is 1.00. The van der Waals surface area contributed by atoms with Crippen LogP contribution in [0.25, 0.3) is 0 Å². The predicted molar refractivity (Wildman–Crippen MR) is 15.1 cm³/mol. The molecule has 0 atom stereocenters. The Kier molecular flexibility index (Phi) is 3.50. The van der Waals surface area contributed by atoms with E-state index >= 15 is 0 Å². The minimum absolute atomic E-state index is 0.972. The molecule has 0 nitrogen and oxygen atoms in total. The summed E-state index contributed by atoms with van der Waals surface area (Å²) in [5.41, 5.74) is 0. The normalized spacial score (nSPS) is 8.50. The summed E-state index contributed by atoms with van der Waals surface area (Å²) < 4.78 is 0.972. The zero-order chi connectivity index (χ0) is 3.58. The Balaban J connectivity index is 2.32. The molecule has 0 saturated heterocycles. The van der Waals surface area contributed by atoms with Crippen LogP contribution in [-0.4, -0.2) is 0 Å². The van der Waals surface area contributed by atoms with E-state index in [0.29, 0.717) is 0 Å². The average molecular weight is 183 g/mol. The Morgan fingerprint density at radius 2 is 1.50 bits per heavy atom. The van der Waals surface area contributed by atoms with Gasteiger partial charge in [0.2, 0.25) is 0 Å². The van der Waals surface area contributed by atoms with E-state index in [0.717, 1.165) is 1.44 Å². The van der Waals surface area contributed by atoms with Crippen molar-refractivity contribution >= 4 is 0 Å². The second kappa shape index (κ2) is 2.61. The van der Waals surface area contributed by atoms with Crippen LogP contribution in [0.4, 0.5) is 0 Å². The van der Waals surface area contributed by atoms with E-state index < -0.39 is 0 Å². The standard InChI is InChI=1S/C3H7.Ce/c1-3-2;/h3H,1-2H3;. The van der Waals surface area contributed by atoms with Gasteiger partial charge in [0, 0.05) is 0 Å². The first-order valence-electron chi connectivity index (χ1n) is 1.44. The molecule has 0 saturated carbocycles. The van der Waals surface area contributed by atoms with Crippen LogP contribution >= 0.6 is 0 Å². The molecule has 0 aliphatic heterocycles. The Hall–Kier alpha value is 1.38. The summed E-state index contributed by atoms with van der Waals surface area (Å²) >= 11 is 1.35. The number of hydrogen-bond donors (Lipinski definition) is 0. The Bertz CT molecular complexity index is 8.00. The van der Waals surface area contributed by atoms with Crippen LogP contribution in [0.3, 0.4) is 0 Å². The third-order valence-electron chi connectivity index (χ3n) is 0. The third-order valence-corrected chi connectivity index (χ3v) is 0. The molecular weight excluding hydrogens is 176 g/mol. The van der Waals surface area contributed by atoms with Gasteiger partial charge in [-0.15, -0.1) is 0 Å². The van der Waals surface area contributed by atoms with Crippen LogP contribution in [-0.2, 0) is 0 Å². The Labute approximate surface area is 54.3 Å². The van der Waals surface area contributed by atoms with Crippen LogP contribution in [0.5, 0.6) is 0 Å². The maximum atomic E-state index is 2.23. The molecule has 0 unspecified atom stereocenters. The summed E-state index contributed by atoms with van der Waals surface area (Å²) in [5.74, 6) is 0. The van der Waals surface area contributed by atoms with Crippen molar-refractivity contribution in [1.82, 2.24) is 0 Å².